The Morgan fingerprint density at radius 2 is 0.798 bits per heavy atom. The molecule has 4 radical (unpaired) electrons. The minimum Gasteiger partial charge on any atom is -0.305 e. The molecular formula is C86H92Ir4N4-4. The molecule has 8 heteroatoms. The van der Waals surface area contributed by atoms with Crippen molar-refractivity contribution in [2.45, 2.75) is 219 Å². The van der Waals surface area contributed by atoms with Gasteiger partial charge in [0.1, 0.15) is 0 Å². The zero-order valence-corrected chi connectivity index (χ0v) is 66.0. The van der Waals surface area contributed by atoms with Crippen molar-refractivity contribution in [1.82, 2.24) is 19.9 Å². The fourth-order valence-corrected chi connectivity index (χ4v) is 16.8. The van der Waals surface area contributed by atoms with E-state index in [0.29, 0.717) is 5.41 Å². The van der Waals surface area contributed by atoms with Crippen LogP contribution in [0.2, 0.25) is 0 Å². The predicted molar refractivity (Wildman–Crippen MR) is 370 cm³/mol. The third kappa shape index (κ3) is 14.8. The Hall–Kier alpha value is -4.70. The van der Waals surface area contributed by atoms with E-state index in [2.05, 4.69) is 204 Å². The number of rotatable bonds is 7. The molecule has 0 amide bonds. The van der Waals surface area contributed by atoms with Gasteiger partial charge >= 0.3 is 0 Å². The average molecular weight is 1950 g/mol. The Bertz CT molecular complexity index is 4140. The SMILES string of the molecule is CC1(C)C2Cc3cc(-c4[c-]cc5c(c4)CCCC5)ncc3C1C2.CC1(C)c2ccccc2C(C)(C)c2cc(-c3[c-]cc4c(c3)CCCC4)ncc21.CCCCc1ccnc(-c2[c-]cc3c(c2)CCCC3)c1.[Ir].[Ir].[Ir].[Ir].[c-]1cc2c(cc1-c1cc3c(cn1)CCC3)CCCC2. The average Bonchev–Trinajstić information content (AvgIpc) is 1.21. The quantitative estimate of drug-likeness (QED) is 0.149. The molecule has 496 valence electrons. The standard InChI is InChI=1S/C27H28N.C22H24N.C19H22N.C18H18N.4Ir/c1-26(2)21-11-7-8-12-22(21)27(3,4)24-17-28-25(16-23(24)26)20-14-13-18-9-5-6-10-19(18)15-20;1-22(2)18-10-17-11-21(23-13-19(17)20(22)12-18)16-8-7-14-5-3-4-6-15(14)9-16;1-2-3-6-15-11-12-20-19(13-15)18-10-9-16-7-4-5-8-17(16)14-18;1-2-5-14-10-16(9-8-13(14)4-1)18-11-15-6-3-7-17(15)12-19-18;;;;/h7-8,11-13,15-17H,5-6,9-10H2,1-4H3;7,9,11,13,18,20H,3-6,10,12H2,1-2H3;9,11-14H,2-8H2,1H3;8,10-12H,1-7H2;;;;/q4*-1;;;;. The molecule has 0 N–H and O–H groups in total. The van der Waals surface area contributed by atoms with Crippen LogP contribution in [0.5, 0.6) is 0 Å². The van der Waals surface area contributed by atoms with Gasteiger partial charge in [-0.25, -0.2) is 0 Å². The monoisotopic (exact) mass is 1950 g/mol. The molecule has 94 heavy (non-hydrogen) atoms. The van der Waals surface area contributed by atoms with Crippen LogP contribution >= 0.6 is 0 Å². The first-order chi connectivity index (χ1) is 43.8. The summed E-state index contributed by atoms with van der Waals surface area (Å²) in [7, 11) is 0. The molecule has 0 aliphatic heterocycles. The van der Waals surface area contributed by atoms with Gasteiger partial charge in [-0.05, 0) is 156 Å². The summed E-state index contributed by atoms with van der Waals surface area (Å²) >= 11 is 0. The van der Waals surface area contributed by atoms with Crippen molar-refractivity contribution in [3.63, 3.8) is 0 Å². The molecule has 1 fully saturated rings. The van der Waals surface area contributed by atoms with Crippen molar-refractivity contribution in [2.75, 3.05) is 0 Å². The molecule has 9 aromatic rings. The molecule has 9 aliphatic rings. The van der Waals surface area contributed by atoms with Crippen molar-refractivity contribution >= 4 is 0 Å². The predicted octanol–water partition coefficient (Wildman–Crippen LogP) is 20.2. The van der Waals surface area contributed by atoms with E-state index in [1.807, 2.05) is 6.20 Å². The van der Waals surface area contributed by atoms with Gasteiger partial charge in [0.05, 0.1) is 0 Å². The first-order valence-electron chi connectivity index (χ1n) is 35.0. The van der Waals surface area contributed by atoms with E-state index in [-0.39, 0.29) is 91.3 Å². The van der Waals surface area contributed by atoms with Gasteiger partial charge < -0.3 is 19.9 Å². The van der Waals surface area contributed by atoms with E-state index >= 15 is 0 Å². The molecule has 2 bridgehead atoms. The van der Waals surface area contributed by atoms with E-state index in [9.17, 15) is 0 Å². The summed E-state index contributed by atoms with van der Waals surface area (Å²) in [4.78, 5) is 18.9. The van der Waals surface area contributed by atoms with Gasteiger partial charge in [-0.1, -0.05) is 192 Å². The first-order valence-corrected chi connectivity index (χ1v) is 35.0. The number of aryl methyl sites for hydroxylation is 11. The number of nitrogens with zero attached hydrogens (tertiary/aromatic N) is 4. The van der Waals surface area contributed by atoms with Crippen LogP contribution in [0.1, 0.15) is 226 Å². The molecule has 9 aliphatic carbocycles. The smallest absolute Gasteiger partial charge is 0.0204 e. The van der Waals surface area contributed by atoms with Gasteiger partial charge in [0.15, 0.2) is 0 Å². The number of fused-ring (bicyclic) bond motifs is 7. The molecule has 0 spiro atoms. The van der Waals surface area contributed by atoms with Crippen LogP contribution in [0.15, 0.2) is 128 Å². The van der Waals surface area contributed by atoms with Crippen LogP contribution in [0.25, 0.3) is 45.0 Å². The Morgan fingerprint density at radius 3 is 1.29 bits per heavy atom. The summed E-state index contributed by atoms with van der Waals surface area (Å²) in [5, 5.41) is 0. The van der Waals surface area contributed by atoms with Crippen molar-refractivity contribution in [2.24, 2.45) is 11.3 Å². The number of unbranched alkanes of at least 4 members (excludes halogenated alkanes) is 1. The van der Waals surface area contributed by atoms with Crippen LogP contribution in [0, 0.1) is 35.6 Å². The molecule has 2 unspecified atom stereocenters. The zero-order valence-electron chi connectivity index (χ0n) is 56.4. The topological polar surface area (TPSA) is 51.6 Å². The van der Waals surface area contributed by atoms with Crippen molar-refractivity contribution in [3.05, 3.63) is 247 Å². The van der Waals surface area contributed by atoms with Crippen LogP contribution in [-0.4, -0.2) is 19.9 Å². The summed E-state index contributed by atoms with van der Waals surface area (Å²) in [5.41, 5.74) is 34.4. The van der Waals surface area contributed by atoms with Crippen molar-refractivity contribution in [3.8, 4) is 45.0 Å². The number of aromatic nitrogens is 4. The zero-order chi connectivity index (χ0) is 61.6. The minimum atomic E-state index is -0.0352. The second-order valence-electron chi connectivity index (χ2n) is 29.5. The van der Waals surface area contributed by atoms with Crippen LogP contribution in [0.4, 0.5) is 0 Å². The van der Waals surface area contributed by atoms with E-state index in [1.165, 1.54) is 248 Å². The second kappa shape index (κ2) is 31.0. The van der Waals surface area contributed by atoms with Gasteiger partial charge in [0, 0.05) is 116 Å². The normalized spacial score (nSPS) is 18.6. The Kier molecular flexibility index (Phi) is 23.8. The summed E-state index contributed by atoms with van der Waals surface area (Å²) in [6.45, 7) is 16.4. The molecule has 4 aromatic heterocycles. The third-order valence-electron chi connectivity index (χ3n) is 22.7. The summed E-state index contributed by atoms with van der Waals surface area (Å²) < 4.78 is 0. The first kappa shape index (κ1) is 72.1. The van der Waals surface area contributed by atoms with Crippen LogP contribution < -0.4 is 0 Å². The molecule has 18 rings (SSSR count). The Balaban J connectivity index is 0.000000136. The van der Waals surface area contributed by atoms with Gasteiger partial charge in [-0.15, -0.1) is 140 Å². The van der Waals surface area contributed by atoms with Crippen molar-refractivity contribution in [1.29, 1.82) is 0 Å². The molecule has 5 aromatic carbocycles. The number of hydrogen-bond acceptors (Lipinski definition) is 4. The maximum Gasteiger partial charge on any atom is 0.0204 e. The van der Waals surface area contributed by atoms with Gasteiger partial charge in [0.25, 0.3) is 0 Å². The molecule has 4 heterocycles. The van der Waals surface area contributed by atoms with Gasteiger partial charge in [-0.3, -0.25) is 0 Å². The number of hydrogen-bond donors (Lipinski definition) is 0. The molecule has 4 nitrogen and oxygen atoms in total. The maximum atomic E-state index is 4.91. The summed E-state index contributed by atoms with van der Waals surface area (Å²) in [6.07, 6.45) is 38.5. The second-order valence-corrected chi connectivity index (χ2v) is 29.5. The number of benzene rings is 5. The fourth-order valence-electron chi connectivity index (χ4n) is 16.8. The van der Waals surface area contributed by atoms with Crippen LogP contribution in [-0.2, 0) is 168 Å². The van der Waals surface area contributed by atoms with E-state index < -0.39 is 0 Å². The number of pyridine rings is 4. The van der Waals surface area contributed by atoms with E-state index in [4.69, 9.17) is 9.97 Å². The van der Waals surface area contributed by atoms with E-state index in [0.717, 1.165) is 52.2 Å². The van der Waals surface area contributed by atoms with Gasteiger partial charge in [0.2, 0.25) is 0 Å². The molecular weight excluding hydrogens is 1860 g/mol. The maximum absolute atomic E-state index is 4.91. The van der Waals surface area contributed by atoms with Gasteiger partial charge in [-0.2, -0.15) is 0 Å². The minimum absolute atomic E-state index is 0. The van der Waals surface area contributed by atoms with Crippen molar-refractivity contribution < 1.29 is 80.4 Å². The summed E-state index contributed by atoms with van der Waals surface area (Å²) in [6, 6.07) is 52.2. The van der Waals surface area contributed by atoms with Crippen LogP contribution in [0.3, 0.4) is 0 Å². The summed E-state index contributed by atoms with van der Waals surface area (Å²) in [5.74, 6) is 1.59. The largest absolute Gasteiger partial charge is 0.305 e. The molecule has 0 saturated heterocycles. The molecule has 1 saturated carbocycles. The Labute approximate surface area is 617 Å². The third-order valence-corrected chi connectivity index (χ3v) is 22.7. The fraction of sp³-hybridized carbons (Fsp3) is 0.419. The Morgan fingerprint density at radius 1 is 0.394 bits per heavy atom. The van der Waals surface area contributed by atoms with E-state index in [1.54, 1.807) is 5.56 Å². The molecule has 2 atom stereocenters.